The Hall–Kier alpha value is -0.610. The van der Waals surface area contributed by atoms with Gasteiger partial charge in [0.1, 0.15) is 0 Å². The minimum atomic E-state index is 0.111. The number of hydrogen-bond donors (Lipinski definition) is 1. The maximum Gasteiger partial charge on any atom is 0.150 e. The maximum absolute atomic E-state index is 11.6. The third kappa shape index (κ3) is 5.50. The van der Waals surface area contributed by atoms with Crippen molar-refractivity contribution in [3.63, 3.8) is 0 Å². The Balaban J connectivity index is 2.37. The summed E-state index contributed by atoms with van der Waals surface area (Å²) in [5, 5.41) is 3.98. The normalized spacial score (nSPS) is 10.5. The molecule has 3 nitrogen and oxygen atoms in total. The number of rotatable bonds is 7. The van der Waals surface area contributed by atoms with E-state index in [2.05, 4.69) is 5.32 Å². The number of carbonyl (C=O) groups is 1. The molecule has 0 fully saturated rings. The highest BCUT2D eigenvalue weighted by molar-refractivity contribution is 6.42. The van der Waals surface area contributed by atoms with E-state index in [-0.39, 0.29) is 5.78 Å². The second-order valence-corrected chi connectivity index (χ2v) is 4.45. The standard InChI is InChI=1S/C12H15Cl2NO2/c1-17-5-4-15-8-10(16)6-9-2-3-11(13)12(14)7-9/h2-3,7,15H,4-6,8H2,1H3. The van der Waals surface area contributed by atoms with Crippen LogP contribution in [0.4, 0.5) is 0 Å². The fraction of sp³-hybridized carbons (Fsp3) is 0.417. The van der Waals surface area contributed by atoms with Crippen LogP contribution in [-0.4, -0.2) is 32.6 Å². The van der Waals surface area contributed by atoms with Crippen molar-refractivity contribution in [2.75, 3.05) is 26.8 Å². The van der Waals surface area contributed by atoms with E-state index in [9.17, 15) is 4.79 Å². The zero-order valence-corrected chi connectivity index (χ0v) is 11.1. The minimum Gasteiger partial charge on any atom is -0.383 e. The zero-order chi connectivity index (χ0) is 12.7. The van der Waals surface area contributed by atoms with Crippen molar-refractivity contribution in [3.05, 3.63) is 33.8 Å². The van der Waals surface area contributed by atoms with E-state index in [1.54, 1.807) is 25.3 Å². The van der Waals surface area contributed by atoms with Gasteiger partial charge in [-0.1, -0.05) is 29.3 Å². The van der Waals surface area contributed by atoms with Crippen molar-refractivity contribution in [1.29, 1.82) is 0 Å². The highest BCUT2D eigenvalue weighted by Crippen LogP contribution is 2.22. The molecule has 0 spiro atoms. The zero-order valence-electron chi connectivity index (χ0n) is 9.63. The highest BCUT2D eigenvalue weighted by atomic mass is 35.5. The van der Waals surface area contributed by atoms with Gasteiger partial charge in [-0.15, -0.1) is 0 Å². The fourth-order valence-corrected chi connectivity index (χ4v) is 1.66. The summed E-state index contributed by atoms with van der Waals surface area (Å²) in [5.41, 5.74) is 0.873. The largest absolute Gasteiger partial charge is 0.383 e. The van der Waals surface area contributed by atoms with Gasteiger partial charge in [0.25, 0.3) is 0 Å². The summed E-state index contributed by atoms with van der Waals surface area (Å²) in [6, 6.07) is 5.23. The van der Waals surface area contributed by atoms with Crippen LogP contribution >= 0.6 is 23.2 Å². The summed E-state index contributed by atoms with van der Waals surface area (Å²) in [6.07, 6.45) is 0.358. The third-order valence-electron chi connectivity index (χ3n) is 2.19. The van der Waals surface area contributed by atoms with Crippen molar-refractivity contribution >= 4 is 29.0 Å². The molecule has 1 aromatic carbocycles. The second kappa shape index (κ2) is 7.67. The molecule has 94 valence electrons. The van der Waals surface area contributed by atoms with Crippen molar-refractivity contribution in [3.8, 4) is 0 Å². The molecule has 0 radical (unpaired) electrons. The molecule has 0 aromatic heterocycles. The van der Waals surface area contributed by atoms with Gasteiger partial charge in [-0.2, -0.15) is 0 Å². The van der Waals surface area contributed by atoms with Crippen LogP contribution in [0.5, 0.6) is 0 Å². The van der Waals surface area contributed by atoms with Gasteiger partial charge in [0.2, 0.25) is 0 Å². The van der Waals surface area contributed by atoms with Crippen molar-refractivity contribution < 1.29 is 9.53 Å². The molecule has 0 atom stereocenters. The predicted octanol–water partition coefficient (Wildman–Crippen LogP) is 2.34. The molecule has 0 bridgehead atoms. The molecule has 0 saturated heterocycles. The Kier molecular flexibility index (Phi) is 6.52. The molecule has 0 aliphatic rings. The molecule has 0 aliphatic carbocycles. The first-order chi connectivity index (χ1) is 8.13. The lowest BCUT2D eigenvalue weighted by molar-refractivity contribution is -0.117. The lowest BCUT2D eigenvalue weighted by atomic mass is 10.1. The molecular weight excluding hydrogens is 261 g/mol. The van der Waals surface area contributed by atoms with E-state index >= 15 is 0 Å². The van der Waals surface area contributed by atoms with E-state index in [4.69, 9.17) is 27.9 Å². The number of halogens is 2. The molecule has 5 heteroatoms. The first-order valence-electron chi connectivity index (χ1n) is 5.28. The summed E-state index contributed by atoms with van der Waals surface area (Å²) in [4.78, 5) is 11.6. The molecule has 0 amide bonds. The van der Waals surface area contributed by atoms with Gasteiger partial charge < -0.3 is 10.1 Å². The molecule has 17 heavy (non-hydrogen) atoms. The number of hydrogen-bond acceptors (Lipinski definition) is 3. The van der Waals surface area contributed by atoms with E-state index in [0.717, 1.165) is 5.56 Å². The third-order valence-corrected chi connectivity index (χ3v) is 2.93. The Morgan fingerprint density at radius 1 is 1.35 bits per heavy atom. The quantitative estimate of drug-likeness (QED) is 0.777. The molecule has 0 aliphatic heterocycles. The van der Waals surface area contributed by atoms with Gasteiger partial charge in [0.05, 0.1) is 23.2 Å². The molecule has 1 aromatic rings. The summed E-state index contributed by atoms with van der Waals surface area (Å²) in [6.45, 7) is 1.60. The number of ketones is 1. The molecule has 1 rings (SSSR count). The summed E-state index contributed by atoms with van der Waals surface area (Å²) in [5.74, 6) is 0.111. The average Bonchev–Trinajstić information content (AvgIpc) is 2.30. The summed E-state index contributed by atoms with van der Waals surface area (Å²) >= 11 is 11.7. The van der Waals surface area contributed by atoms with Gasteiger partial charge in [-0.25, -0.2) is 0 Å². The Bertz CT molecular complexity index is 383. The molecule has 0 heterocycles. The first kappa shape index (κ1) is 14.5. The van der Waals surface area contributed by atoms with Crippen LogP contribution in [0.25, 0.3) is 0 Å². The SMILES string of the molecule is COCCNCC(=O)Cc1ccc(Cl)c(Cl)c1. The van der Waals surface area contributed by atoms with E-state index in [1.165, 1.54) is 0 Å². The predicted molar refractivity (Wildman–Crippen MR) is 69.9 cm³/mol. The number of methoxy groups -OCH3 is 1. The maximum atomic E-state index is 11.6. The number of benzene rings is 1. The molecule has 1 N–H and O–H groups in total. The monoisotopic (exact) mass is 275 g/mol. The molecule has 0 saturated carbocycles. The first-order valence-corrected chi connectivity index (χ1v) is 6.04. The smallest absolute Gasteiger partial charge is 0.150 e. The summed E-state index contributed by atoms with van der Waals surface area (Å²) < 4.78 is 4.86. The van der Waals surface area contributed by atoms with E-state index < -0.39 is 0 Å². The van der Waals surface area contributed by atoms with Crippen molar-refractivity contribution in [2.24, 2.45) is 0 Å². The summed E-state index contributed by atoms with van der Waals surface area (Å²) in [7, 11) is 1.62. The van der Waals surface area contributed by atoms with Crippen LogP contribution in [-0.2, 0) is 16.0 Å². The van der Waals surface area contributed by atoms with Crippen LogP contribution in [0.3, 0.4) is 0 Å². The van der Waals surface area contributed by atoms with Crippen LogP contribution < -0.4 is 5.32 Å². The van der Waals surface area contributed by atoms with Crippen molar-refractivity contribution in [2.45, 2.75) is 6.42 Å². The Morgan fingerprint density at radius 3 is 2.76 bits per heavy atom. The topological polar surface area (TPSA) is 38.3 Å². The number of nitrogens with one attached hydrogen (secondary N) is 1. The lowest BCUT2D eigenvalue weighted by Gasteiger charge is -2.04. The van der Waals surface area contributed by atoms with Gasteiger partial charge in [-0.05, 0) is 17.7 Å². The minimum absolute atomic E-state index is 0.111. The van der Waals surface area contributed by atoms with Crippen LogP contribution in [0.1, 0.15) is 5.56 Å². The Labute approximate surface area is 111 Å². The number of ether oxygens (including phenoxy) is 1. The lowest BCUT2D eigenvalue weighted by Crippen LogP contribution is -2.27. The number of Topliss-reactive ketones (excluding diaryl/α,β-unsaturated/α-hetero) is 1. The average molecular weight is 276 g/mol. The molecular formula is C12H15Cl2NO2. The van der Waals surface area contributed by atoms with E-state index in [0.29, 0.717) is 36.2 Å². The second-order valence-electron chi connectivity index (χ2n) is 3.63. The molecule has 0 unspecified atom stereocenters. The van der Waals surface area contributed by atoms with Gasteiger partial charge in [0, 0.05) is 20.1 Å². The van der Waals surface area contributed by atoms with Gasteiger partial charge in [0.15, 0.2) is 5.78 Å². The fourth-order valence-electron chi connectivity index (χ4n) is 1.34. The van der Waals surface area contributed by atoms with Crippen molar-refractivity contribution in [1.82, 2.24) is 5.32 Å². The van der Waals surface area contributed by atoms with Gasteiger partial charge in [-0.3, -0.25) is 4.79 Å². The number of carbonyl (C=O) groups excluding carboxylic acids is 1. The Morgan fingerprint density at radius 2 is 2.12 bits per heavy atom. The van der Waals surface area contributed by atoms with E-state index in [1.807, 2.05) is 0 Å². The van der Waals surface area contributed by atoms with Gasteiger partial charge >= 0.3 is 0 Å². The van der Waals surface area contributed by atoms with Crippen LogP contribution in [0, 0.1) is 0 Å². The van der Waals surface area contributed by atoms with Crippen LogP contribution in [0.2, 0.25) is 10.0 Å². The highest BCUT2D eigenvalue weighted by Gasteiger charge is 2.05. The van der Waals surface area contributed by atoms with Crippen LogP contribution in [0.15, 0.2) is 18.2 Å².